The molecule has 31 heavy (non-hydrogen) atoms. The number of carbonyl (C=O) groups excluding carboxylic acids is 1. The highest BCUT2D eigenvalue weighted by atomic mass is 16.1. The molecule has 0 saturated carbocycles. The van der Waals surface area contributed by atoms with Gasteiger partial charge in [-0.1, -0.05) is 18.2 Å². The average Bonchev–Trinajstić information content (AvgIpc) is 3.50. The Hall–Kier alpha value is -4.54. The largest absolute Gasteiger partial charge is 0.368 e. The first-order chi connectivity index (χ1) is 15.1. The van der Waals surface area contributed by atoms with Crippen LogP contribution in [0.3, 0.4) is 0 Å². The first-order valence-electron chi connectivity index (χ1n) is 9.48. The minimum Gasteiger partial charge on any atom is -0.368 e. The molecule has 0 aliphatic rings. The molecule has 11 nitrogen and oxygen atoms in total. The van der Waals surface area contributed by atoms with Crippen LogP contribution < -0.4 is 11.1 Å². The van der Waals surface area contributed by atoms with Crippen molar-refractivity contribution in [2.24, 2.45) is 5.73 Å². The van der Waals surface area contributed by atoms with E-state index in [2.05, 4.69) is 41.7 Å². The summed E-state index contributed by atoms with van der Waals surface area (Å²) in [7, 11) is 0. The predicted octanol–water partition coefficient (Wildman–Crippen LogP) is 1.69. The van der Waals surface area contributed by atoms with Gasteiger partial charge in [0.05, 0.1) is 36.2 Å². The molecule has 0 radical (unpaired) electrons. The lowest BCUT2D eigenvalue weighted by atomic mass is 10.1. The molecule has 4 aromatic heterocycles. The molecule has 0 unspecified atom stereocenters. The topological polar surface area (TPSA) is 145 Å². The number of primary amides is 1. The van der Waals surface area contributed by atoms with E-state index >= 15 is 0 Å². The number of hydrogen-bond acceptors (Lipinski definition) is 7. The zero-order valence-corrected chi connectivity index (χ0v) is 16.3. The summed E-state index contributed by atoms with van der Waals surface area (Å²) >= 11 is 0. The zero-order chi connectivity index (χ0) is 21.2. The van der Waals surface area contributed by atoms with Crippen LogP contribution in [0.15, 0.2) is 61.4 Å². The van der Waals surface area contributed by atoms with Gasteiger partial charge in [-0.2, -0.15) is 20.3 Å². The summed E-state index contributed by atoms with van der Waals surface area (Å²) in [4.78, 5) is 20.0. The Morgan fingerprint density at radius 1 is 1.13 bits per heavy atom. The SMILES string of the molecule is NC(=O)Cn1cc(-c2cccc(Cn3ncc4cnc(Nc5cn[nH]c5)nc43)c2)cn1. The normalized spacial score (nSPS) is 11.1. The van der Waals surface area contributed by atoms with Crippen molar-refractivity contribution in [3.05, 3.63) is 67.0 Å². The summed E-state index contributed by atoms with van der Waals surface area (Å²) in [5.74, 6) is 0.0313. The molecule has 5 rings (SSSR count). The molecule has 4 heterocycles. The number of anilines is 2. The third-order valence-corrected chi connectivity index (χ3v) is 4.67. The number of nitrogens with zero attached hydrogens (tertiary/aromatic N) is 7. The second-order valence-electron chi connectivity index (χ2n) is 6.98. The van der Waals surface area contributed by atoms with Gasteiger partial charge in [0.25, 0.3) is 0 Å². The summed E-state index contributed by atoms with van der Waals surface area (Å²) in [6.07, 6.45) is 10.4. The van der Waals surface area contributed by atoms with E-state index in [1.54, 1.807) is 37.2 Å². The molecule has 1 amide bonds. The third-order valence-electron chi connectivity index (χ3n) is 4.67. The van der Waals surface area contributed by atoms with Crippen molar-refractivity contribution in [2.75, 3.05) is 5.32 Å². The highest BCUT2D eigenvalue weighted by Gasteiger charge is 2.10. The number of nitrogens with one attached hydrogen (secondary N) is 2. The number of aromatic nitrogens is 8. The quantitative estimate of drug-likeness (QED) is 0.367. The average molecular weight is 414 g/mol. The Balaban J connectivity index is 1.40. The van der Waals surface area contributed by atoms with Crippen molar-refractivity contribution in [3.8, 4) is 11.1 Å². The molecule has 0 atom stereocenters. The fourth-order valence-corrected chi connectivity index (χ4v) is 3.27. The summed E-state index contributed by atoms with van der Waals surface area (Å²) in [5, 5.41) is 19.3. The Morgan fingerprint density at radius 3 is 2.90 bits per heavy atom. The van der Waals surface area contributed by atoms with Gasteiger partial charge >= 0.3 is 0 Å². The highest BCUT2D eigenvalue weighted by Crippen LogP contribution is 2.21. The van der Waals surface area contributed by atoms with Crippen molar-refractivity contribution < 1.29 is 4.79 Å². The molecule has 1 aromatic carbocycles. The minimum absolute atomic E-state index is 0.0495. The Bertz CT molecular complexity index is 1350. The van der Waals surface area contributed by atoms with E-state index in [-0.39, 0.29) is 6.54 Å². The molecule has 0 bridgehead atoms. The van der Waals surface area contributed by atoms with Gasteiger partial charge in [-0.25, -0.2) is 9.67 Å². The van der Waals surface area contributed by atoms with Gasteiger partial charge in [-0.05, 0) is 17.2 Å². The van der Waals surface area contributed by atoms with E-state index < -0.39 is 5.91 Å². The minimum atomic E-state index is -0.433. The summed E-state index contributed by atoms with van der Waals surface area (Å²) in [6, 6.07) is 8.05. The van der Waals surface area contributed by atoms with Crippen LogP contribution >= 0.6 is 0 Å². The molecule has 0 aliphatic heterocycles. The van der Waals surface area contributed by atoms with Crippen LogP contribution in [0.1, 0.15) is 5.56 Å². The molecule has 11 heteroatoms. The van der Waals surface area contributed by atoms with Crippen LogP contribution in [0.2, 0.25) is 0 Å². The van der Waals surface area contributed by atoms with Crippen LogP contribution in [-0.2, 0) is 17.9 Å². The standard InChI is InChI=1S/C20H18N10O/c21-18(31)12-29-11-16(7-25-29)14-3-1-2-13(4-14)10-30-19-15(6-26-30)5-22-20(28-19)27-17-8-23-24-9-17/h1-9,11H,10,12H2,(H2,21,31)(H,23,24)(H,22,27,28). The number of benzene rings is 1. The van der Waals surface area contributed by atoms with E-state index in [1.807, 2.05) is 22.9 Å². The predicted molar refractivity (Wildman–Crippen MR) is 113 cm³/mol. The zero-order valence-electron chi connectivity index (χ0n) is 16.3. The maximum Gasteiger partial charge on any atom is 0.239 e. The van der Waals surface area contributed by atoms with Gasteiger partial charge in [-0.3, -0.25) is 14.6 Å². The summed E-state index contributed by atoms with van der Waals surface area (Å²) in [5.41, 5.74) is 9.67. The number of nitrogens with two attached hydrogens (primary N) is 1. The number of amides is 1. The molecule has 5 aromatic rings. The van der Waals surface area contributed by atoms with Crippen molar-refractivity contribution in [2.45, 2.75) is 13.1 Å². The Labute approximate surface area is 175 Å². The lowest BCUT2D eigenvalue weighted by molar-refractivity contribution is -0.118. The molecular formula is C20H18N10O. The van der Waals surface area contributed by atoms with E-state index in [0.29, 0.717) is 12.5 Å². The molecule has 154 valence electrons. The fourth-order valence-electron chi connectivity index (χ4n) is 3.27. The van der Waals surface area contributed by atoms with E-state index in [4.69, 9.17) is 5.73 Å². The lowest BCUT2D eigenvalue weighted by Gasteiger charge is -2.07. The monoisotopic (exact) mass is 414 g/mol. The maximum absolute atomic E-state index is 11.1. The van der Waals surface area contributed by atoms with Crippen molar-refractivity contribution >= 4 is 28.6 Å². The van der Waals surface area contributed by atoms with Crippen LogP contribution in [-0.4, -0.2) is 45.6 Å². The Morgan fingerprint density at radius 2 is 2.06 bits per heavy atom. The van der Waals surface area contributed by atoms with Gasteiger partial charge < -0.3 is 11.1 Å². The number of H-pyrrole nitrogens is 1. The van der Waals surface area contributed by atoms with Crippen LogP contribution in [0.5, 0.6) is 0 Å². The van der Waals surface area contributed by atoms with Gasteiger partial charge in [-0.15, -0.1) is 0 Å². The molecule has 0 spiro atoms. The lowest BCUT2D eigenvalue weighted by Crippen LogP contribution is -2.18. The van der Waals surface area contributed by atoms with E-state index in [9.17, 15) is 4.79 Å². The molecule has 0 fully saturated rings. The van der Waals surface area contributed by atoms with Gasteiger partial charge in [0.1, 0.15) is 6.54 Å². The van der Waals surface area contributed by atoms with Crippen molar-refractivity contribution in [3.63, 3.8) is 0 Å². The third kappa shape index (κ3) is 3.96. The van der Waals surface area contributed by atoms with Crippen LogP contribution in [0.25, 0.3) is 22.2 Å². The van der Waals surface area contributed by atoms with E-state index in [0.717, 1.165) is 33.4 Å². The van der Waals surface area contributed by atoms with Gasteiger partial charge in [0, 0.05) is 24.2 Å². The second-order valence-corrected chi connectivity index (χ2v) is 6.98. The summed E-state index contributed by atoms with van der Waals surface area (Å²) < 4.78 is 3.35. The number of aromatic amines is 1. The summed E-state index contributed by atoms with van der Waals surface area (Å²) in [6.45, 7) is 0.586. The first kappa shape index (κ1) is 18.5. The molecule has 0 aliphatic carbocycles. The number of rotatable bonds is 7. The van der Waals surface area contributed by atoms with E-state index in [1.165, 1.54) is 4.68 Å². The van der Waals surface area contributed by atoms with Crippen LogP contribution in [0.4, 0.5) is 11.6 Å². The number of carbonyl (C=O) groups is 1. The molecule has 0 saturated heterocycles. The molecule has 4 N–H and O–H groups in total. The molecular weight excluding hydrogens is 396 g/mol. The van der Waals surface area contributed by atoms with Gasteiger partial charge in [0.15, 0.2) is 5.65 Å². The van der Waals surface area contributed by atoms with Crippen molar-refractivity contribution in [1.82, 2.24) is 39.7 Å². The second kappa shape index (κ2) is 7.71. The Kier molecular flexibility index (Phi) is 4.60. The smallest absolute Gasteiger partial charge is 0.239 e. The fraction of sp³-hybridized carbons (Fsp3) is 0.100. The van der Waals surface area contributed by atoms with Crippen molar-refractivity contribution in [1.29, 1.82) is 0 Å². The number of fused-ring (bicyclic) bond motifs is 1. The van der Waals surface area contributed by atoms with Crippen LogP contribution in [0, 0.1) is 0 Å². The maximum atomic E-state index is 11.1. The number of hydrogen-bond donors (Lipinski definition) is 3. The highest BCUT2D eigenvalue weighted by molar-refractivity contribution is 5.75. The first-order valence-corrected chi connectivity index (χ1v) is 9.48. The van der Waals surface area contributed by atoms with Gasteiger partial charge in [0.2, 0.25) is 11.9 Å².